The van der Waals surface area contributed by atoms with Gasteiger partial charge in [0, 0.05) is 25.9 Å². The fourth-order valence-corrected chi connectivity index (χ4v) is 2.01. The summed E-state index contributed by atoms with van der Waals surface area (Å²) in [4.78, 5) is 2.02. The number of rotatable bonds is 2. The number of aromatic nitrogens is 2. The van der Waals surface area contributed by atoms with Gasteiger partial charge >= 0.3 is 0 Å². The maximum absolute atomic E-state index is 4.60. The van der Waals surface area contributed by atoms with Gasteiger partial charge in [0.25, 0.3) is 0 Å². The van der Waals surface area contributed by atoms with E-state index in [0.717, 1.165) is 17.2 Å². The first-order valence-electron chi connectivity index (χ1n) is 5.80. The van der Waals surface area contributed by atoms with Gasteiger partial charge < -0.3 is 4.90 Å². The van der Waals surface area contributed by atoms with E-state index in [9.17, 15) is 0 Å². The Morgan fingerprint density at radius 2 is 1.53 bits per heavy atom. The third-order valence-electron chi connectivity index (χ3n) is 2.78. The average Bonchev–Trinajstić information content (AvgIpc) is 2.59. The summed E-state index contributed by atoms with van der Waals surface area (Å²) in [7, 11) is 4.02. The molecule has 0 radical (unpaired) electrons. The minimum atomic E-state index is 0.988. The lowest BCUT2D eigenvalue weighted by Crippen LogP contribution is -2.10. The lowest BCUT2D eigenvalue weighted by atomic mass is 10.1. The lowest BCUT2D eigenvalue weighted by Gasteiger charge is -2.08. The highest BCUT2D eigenvalue weighted by Gasteiger charge is 2.08. The van der Waals surface area contributed by atoms with Crippen LogP contribution in [0.15, 0.2) is 24.3 Å². The van der Waals surface area contributed by atoms with Crippen LogP contribution in [0, 0.1) is 20.8 Å². The van der Waals surface area contributed by atoms with E-state index in [1.165, 1.54) is 11.1 Å². The van der Waals surface area contributed by atoms with Crippen molar-refractivity contribution in [3.8, 4) is 5.69 Å². The van der Waals surface area contributed by atoms with Gasteiger partial charge in [0.05, 0.1) is 5.69 Å². The highest BCUT2D eigenvalue weighted by molar-refractivity contribution is 5.45. The number of hydrogen-bond donors (Lipinski definition) is 0. The second kappa shape index (κ2) is 4.24. The molecule has 0 bridgehead atoms. The van der Waals surface area contributed by atoms with Gasteiger partial charge in [-0.1, -0.05) is 6.07 Å². The Balaban J connectivity index is 2.52. The summed E-state index contributed by atoms with van der Waals surface area (Å²) in [5.41, 5.74) is 4.81. The lowest BCUT2D eigenvalue weighted by molar-refractivity contribution is 0.835. The highest BCUT2D eigenvalue weighted by atomic mass is 15.3. The molecule has 0 aliphatic heterocycles. The van der Waals surface area contributed by atoms with Gasteiger partial charge in [0.1, 0.15) is 0 Å². The van der Waals surface area contributed by atoms with Crippen LogP contribution in [-0.4, -0.2) is 23.9 Å². The Labute approximate surface area is 103 Å². The molecular weight excluding hydrogens is 210 g/mol. The first-order valence-corrected chi connectivity index (χ1v) is 5.80. The van der Waals surface area contributed by atoms with Crippen molar-refractivity contribution < 1.29 is 0 Å². The largest absolute Gasteiger partial charge is 0.361 e. The van der Waals surface area contributed by atoms with Crippen molar-refractivity contribution in [3.05, 3.63) is 41.1 Å². The van der Waals surface area contributed by atoms with Crippen LogP contribution in [0.25, 0.3) is 5.69 Å². The fourth-order valence-electron chi connectivity index (χ4n) is 2.01. The Bertz CT molecular complexity index is 518. The number of benzene rings is 1. The molecule has 0 atom stereocenters. The highest BCUT2D eigenvalue weighted by Crippen LogP contribution is 2.18. The van der Waals surface area contributed by atoms with Gasteiger partial charge in [0.2, 0.25) is 0 Å². The van der Waals surface area contributed by atoms with Gasteiger partial charge in [0.15, 0.2) is 5.82 Å². The normalized spacial score (nSPS) is 10.6. The van der Waals surface area contributed by atoms with E-state index < -0.39 is 0 Å². The summed E-state index contributed by atoms with van der Waals surface area (Å²) in [6.45, 7) is 6.31. The predicted octanol–water partition coefficient (Wildman–Crippen LogP) is 2.86. The summed E-state index contributed by atoms with van der Waals surface area (Å²) in [6, 6.07) is 8.59. The Hall–Kier alpha value is -1.77. The third-order valence-corrected chi connectivity index (χ3v) is 2.78. The standard InChI is InChI=1S/C14H19N3/c1-10-6-11(2)8-13(7-10)17-12(3)9-14(15-17)16(4)5/h6-9H,1-5H3. The molecule has 0 fully saturated rings. The summed E-state index contributed by atoms with van der Waals surface area (Å²) < 4.78 is 2.00. The van der Waals surface area contributed by atoms with Crippen molar-refractivity contribution in [2.45, 2.75) is 20.8 Å². The smallest absolute Gasteiger partial charge is 0.150 e. The summed E-state index contributed by atoms with van der Waals surface area (Å²) in [5.74, 6) is 0.988. The first kappa shape index (κ1) is 11.7. The monoisotopic (exact) mass is 229 g/mol. The van der Waals surface area contributed by atoms with E-state index in [4.69, 9.17) is 0 Å². The van der Waals surface area contributed by atoms with E-state index in [1.54, 1.807) is 0 Å². The fraction of sp³-hybridized carbons (Fsp3) is 0.357. The van der Waals surface area contributed by atoms with Crippen molar-refractivity contribution in [1.29, 1.82) is 0 Å². The van der Waals surface area contributed by atoms with E-state index in [1.807, 2.05) is 23.7 Å². The van der Waals surface area contributed by atoms with Crippen LogP contribution in [0.5, 0.6) is 0 Å². The van der Waals surface area contributed by atoms with Crippen molar-refractivity contribution in [2.75, 3.05) is 19.0 Å². The van der Waals surface area contributed by atoms with E-state index in [0.29, 0.717) is 0 Å². The molecule has 0 saturated heterocycles. The zero-order chi connectivity index (χ0) is 12.6. The molecule has 3 heteroatoms. The molecule has 17 heavy (non-hydrogen) atoms. The number of nitrogens with zero attached hydrogens (tertiary/aromatic N) is 3. The predicted molar refractivity (Wildman–Crippen MR) is 72.1 cm³/mol. The van der Waals surface area contributed by atoms with Crippen LogP contribution < -0.4 is 4.90 Å². The van der Waals surface area contributed by atoms with Gasteiger partial charge in [-0.25, -0.2) is 4.68 Å². The molecule has 0 amide bonds. The van der Waals surface area contributed by atoms with Crippen molar-refractivity contribution >= 4 is 5.82 Å². The van der Waals surface area contributed by atoms with Crippen LogP contribution in [0.1, 0.15) is 16.8 Å². The molecule has 2 rings (SSSR count). The van der Waals surface area contributed by atoms with Gasteiger partial charge in [-0.3, -0.25) is 0 Å². The Morgan fingerprint density at radius 1 is 0.941 bits per heavy atom. The molecule has 1 aromatic carbocycles. The van der Waals surface area contributed by atoms with Crippen LogP contribution in [0.4, 0.5) is 5.82 Å². The molecule has 0 saturated carbocycles. The van der Waals surface area contributed by atoms with Crippen molar-refractivity contribution in [3.63, 3.8) is 0 Å². The molecule has 0 N–H and O–H groups in total. The number of anilines is 1. The zero-order valence-electron chi connectivity index (χ0n) is 11.2. The molecule has 0 aliphatic rings. The van der Waals surface area contributed by atoms with E-state index in [2.05, 4.69) is 50.1 Å². The summed E-state index contributed by atoms with van der Waals surface area (Å²) in [5, 5.41) is 4.60. The topological polar surface area (TPSA) is 21.1 Å². The summed E-state index contributed by atoms with van der Waals surface area (Å²) in [6.07, 6.45) is 0. The van der Waals surface area contributed by atoms with Crippen LogP contribution in [0.3, 0.4) is 0 Å². The second-order valence-corrected chi connectivity index (χ2v) is 4.80. The molecule has 1 heterocycles. The second-order valence-electron chi connectivity index (χ2n) is 4.80. The first-order chi connectivity index (χ1) is 7.97. The van der Waals surface area contributed by atoms with Crippen molar-refractivity contribution in [2.24, 2.45) is 0 Å². The maximum Gasteiger partial charge on any atom is 0.150 e. The molecule has 1 aromatic heterocycles. The van der Waals surface area contributed by atoms with Gasteiger partial charge in [-0.2, -0.15) is 5.10 Å². The quantitative estimate of drug-likeness (QED) is 0.789. The Kier molecular flexibility index (Phi) is 2.92. The number of aryl methyl sites for hydroxylation is 3. The zero-order valence-corrected chi connectivity index (χ0v) is 11.2. The minimum Gasteiger partial charge on any atom is -0.361 e. The van der Waals surface area contributed by atoms with Gasteiger partial charge in [-0.15, -0.1) is 0 Å². The van der Waals surface area contributed by atoms with E-state index in [-0.39, 0.29) is 0 Å². The average molecular weight is 229 g/mol. The molecule has 3 nitrogen and oxygen atoms in total. The Morgan fingerprint density at radius 3 is 2.00 bits per heavy atom. The van der Waals surface area contributed by atoms with E-state index >= 15 is 0 Å². The molecular formula is C14H19N3. The third kappa shape index (κ3) is 2.33. The maximum atomic E-state index is 4.60. The molecule has 0 aliphatic carbocycles. The molecule has 0 unspecified atom stereocenters. The molecule has 90 valence electrons. The molecule has 2 aromatic rings. The van der Waals surface area contributed by atoms with Crippen LogP contribution in [-0.2, 0) is 0 Å². The van der Waals surface area contributed by atoms with Crippen molar-refractivity contribution in [1.82, 2.24) is 9.78 Å². The SMILES string of the molecule is Cc1cc(C)cc(-n2nc(N(C)C)cc2C)c1. The summed E-state index contributed by atoms with van der Waals surface area (Å²) >= 11 is 0. The van der Waals surface area contributed by atoms with Crippen LogP contribution in [0.2, 0.25) is 0 Å². The minimum absolute atomic E-state index is 0.988. The van der Waals surface area contributed by atoms with Gasteiger partial charge in [-0.05, 0) is 44.0 Å². The number of hydrogen-bond acceptors (Lipinski definition) is 2. The molecule has 0 spiro atoms. The van der Waals surface area contributed by atoms with Crippen LogP contribution >= 0.6 is 0 Å².